The predicted molar refractivity (Wildman–Crippen MR) is 100 cm³/mol. The van der Waals surface area contributed by atoms with Gasteiger partial charge in [-0.3, -0.25) is 0 Å². The molecule has 1 heteroatoms. The number of unbranched alkanes of at least 4 members (excludes halogenated alkanes) is 4. The van der Waals surface area contributed by atoms with Crippen molar-refractivity contribution in [2.75, 3.05) is 0 Å². The molecule has 0 amide bonds. The lowest BCUT2D eigenvalue weighted by molar-refractivity contribution is 0.320. The molecule has 0 aliphatic heterocycles. The van der Waals surface area contributed by atoms with Crippen molar-refractivity contribution < 1.29 is 0 Å². The fourth-order valence-corrected chi connectivity index (χ4v) is 3.84. The quantitative estimate of drug-likeness (QED) is 0.313. The zero-order valence-corrected chi connectivity index (χ0v) is 15.4. The van der Waals surface area contributed by atoms with Crippen LogP contribution in [0.4, 0.5) is 0 Å². The van der Waals surface area contributed by atoms with E-state index in [4.69, 9.17) is 5.73 Å². The van der Waals surface area contributed by atoms with E-state index in [1.807, 2.05) is 0 Å². The molecule has 0 radical (unpaired) electrons. The van der Waals surface area contributed by atoms with Crippen LogP contribution in [0.1, 0.15) is 110 Å². The smallest absolute Gasteiger partial charge is 0.0339 e. The third kappa shape index (κ3) is 8.98. The minimum absolute atomic E-state index is 0.0308. The maximum absolute atomic E-state index is 6.71. The van der Waals surface area contributed by atoms with Gasteiger partial charge in [-0.1, -0.05) is 103 Å². The van der Waals surface area contributed by atoms with E-state index in [9.17, 15) is 0 Å². The summed E-state index contributed by atoms with van der Waals surface area (Å²) in [6.07, 6.45) is 24.9. The first kappa shape index (κ1) is 19.7. The molecule has 1 rings (SSSR count). The first-order chi connectivity index (χ1) is 10.7. The predicted octanol–water partition coefficient (Wildman–Crippen LogP) is 6.76. The third-order valence-electron chi connectivity index (χ3n) is 5.38. The molecular weight excluding hydrogens is 266 g/mol. The van der Waals surface area contributed by atoms with Crippen LogP contribution >= 0.6 is 0 Å². The van der Waals surface area contributed by atoms with E-state index in [1.165, 1.54) is 96.3 Å². The van der Waals surface area contributed by atoms with Gasteiger partial charge in [0.1, 0.15) is 0 Å². The molecule has 1 aliphatic carbocycles. The molecule has 1 aliphatic rings. The molecule has 1 fully saturated rings. The van der Waals surface area contributed by atoms with Gasteiger partial charge in [0.05, 0.1) is 0 Å². The van der Waals surface area contributed by atoms with E-state index < -0.39 is 0 Å². The third-order valence-corrected chi connectivity index (χ3v) is 5.38. The van der Waals surface area contributed by atoms with Gasteiger partial charge >= 0.3 is 0 Å². The molecule has 22 heavy (non-hydrogen) atoms. The van der Waals surface area contributed by atoms with E-state index in [0.717, 1.165) is 5.92 Å². The van der Waals surface area contributed by atoms with E-state index in [2.05, 4.69) is 26.0 Å². The molecule has 0 bridgehead atoms. The van der Waals surface area contributed by atoms with Gasteiger partial charge in [-0.25, -0.2) is 0 Å². The summed E-state index contributed by atoms with van der Waals surface area (Å²) in [5, 5.41) is 0. The van der Waals surface area contributed by atoms with Crippen molar-refractivity contribution in [2.45, 2.75) is 116 Å². The number of rotatable bonds is 12. The summed E-state index contributed by atoms with van der Waals surface area (Å²) in [5.41, 5.74) is 6.68. The van der Waals surface area contributed by atoms with Gasteiger partial charge in [-0.05, 0) is 25.2 Å². The second kappa shape index (κ2) is 12.2. The summed E-state index contributed by atoms with van der Waals surface area (Å²) in [4.78, 5) is 0. The molecule has 1 atom stereocenters. The van der Waals surface area contributed by atoms with Gasteiger partial charge in [0, 0.05) is 5.54 Å². The number of allylic oxidation sites excluding steroid dienone is 1. The molecule has 0 heterocycles. The molecule has 1 unspecified atom stereocenters. The Kier molecular flexibility index (Phi) is 10.9. The molecular formula is C21H41N. The molecule has 1 saturated carbocycles. The van der Waals surface area contributed by atoms with Crippen molar-refractivity contribution in [1.29, 1.82) is 0 Å². The van der Waals surface area contributed by atoms with Crippen molar-refractivity contribution in [2.24, 2.45) is 11.7 Å². The van der Waals surface area contributed by atoms with Crippen molar-refractivity contribution in [3.63, 3.8) is 0 Å². The Morgan fingerprint density at radius 3 is 2.23 bits per heavy atom. The summed E-state index contributed by atoms with van der Waals surface area (Å²) < 4.78 is 0. The lowest BCUT2D eigenvalue weighted by Gasteiger charge is -2.27. The number of hydrogen-bond donors (Lipinski definition) is 1. The van der Waals surface area contributed by atoms with Crippen LogP contribution in [0.2, 0.25) is 0 Å². The summed E-state index contributed by atoms with van der Waals surface area (Å²) in [6, 6.07) is 0. The fourth-order valence-electron chi connectivity index (χ4n) is 3.84. The Morgan fingerprint density at radius 1 is 0.909 bits per heavy atom. The average Bonchev–Trinajstić information content (AvgIpc) is 2.53. The second-order valence-corrected chi connectivity index (χ2v) is 7.63. The molecule has 0 aromatic carbocycles. The highest BCUT2D eigenvalue weighted by molar-refractivity contribution is 5.04. The van der Waals surface area contributed by atoms with Crippen LogP contribution in [-0.4, -0.2) is 5.54 Å². The van der Waals surface area contributed by atoms with Gasteiger partial charge < -0.3 is 5.73 Å². The summed E-state index contributed by atoms with van der Waals surface area (Å²) in [6.45, 7) is 4.51. The zero-order chi connectivity index (χ0) is 16.1. The highest BCUT2D eigenvalue weighted by Gasteiger charge is 2.21. The molecule has 0 aromatic rings. The second-order valence-electron chi connectivity index (χ2n) is 7.63. The van der Waals surface area contributed by atoms with Gasteiger partial charge in [0.25, 0.3) is 0 Å². The lowest BCUT2D eigenvalue weighted by Crippen LogP contribution is -2.37. The van der Waals surface area contributed by atoms with Gasteiger partial charge in [-0.2, -0.15) is 0 Å². The van der Waals surface area contributed by atoms with Gasteiger partial charge in [-0.15, -0.1) is 0 Å². The lowest BCUT2D eigenvalue weighted by atomic mass is 9.83. The van der Waals surface area contributed by atoms with Crippen LogP contribution in [0.15, 0.2) is 12.2 Å². The van der Waals surface area contributed by atoms with E-state index >= 15 is 0 Å². The largest absolute Gasteiger partial charge is 0.322 e. The molecule has 130 valence electrons. The van der Waals surface area contributed by atoms with Crippen LogP contribution in [0, 0.1) is 5.92 Å². The Bertz CT molecular complexity index is 278. The Morgan fingerprint density at radius 2 is 1.59 bits per heavy atom. The van der Waals surface area contributed by atoms with E-state index in [1.54, 1.807) is 0 Å². The summed E-state index contributed by atoms with van der Waals surface area (Å²) in [5.74, 6) is 1.02. The molecule has 1 nitrogen and oxygen atoms in total. The SMILES string of the molecule is CCC/C=C/C(N)(CCCCC)CCCCC1CCCCC1. The Balaban J connectivity index is 2.28. The Labute approximate surface area is 140 Å². The standard InChI is InChI=1S/C21H41N/c1-3-5-11-17-21(22,18-12-6-4-2)19-13-10-16-20-14-8-7-9-15-20/h11,17,20H,3-10,12-16,18-19,22H2,1-2H3/b17-11+. The van der Waals surface area contributed by atoms with Gasteiger partial charge in [0.2, 0.25) is 0 Å². The number of nitrogens with two attached hydrogens (primary N) is 1. The van der Waals surface area contributed by atoms with Crippen LogP contribution in [0.3, 0.4) is 0 Å². The van der Waals surface area contributed by atoms with Crippen molar-refractivity contribution >= 4 is 0 Å². The van der Waals surface area contributed by atoms with Crippen molar-refractivity contribution in [3.8, 4) is 0 Å². The maximum Gasteiger partial charge on any atom is 0.0339 e. The van der Waals surface area contributed by atoms with Crippen LogP contribution < -0.4 is 5.73 Å². The summed E-state index contributed by atoms with van der Waals surface area (Å²) >= 11 is 0. The van der Waals surface area contributed by atoms with Crippen LogP contribution in [0.5, 0.6) is 0 Å². The molecule has 0 aromatic heterocycles. The summed E-state index contributed by atoms with van der Waals surface area (Å²) in [7, 11) is 0. The topological polar surface area (TPSA) is 26.0 Å². The fraction of sp³-hybridized carbons (Fsp3) is 0.905. The van der Waals surface area contributed by atoms with E-state index in [0.29, 0.717) is 0 Å². The van der Waals surface area contributed by atoms with Crippen molar-refractivity contribution in [3.05, 3.63) is 12.2 Å². The first-order valence-electron chi connectivity index (χ1n) is 10.2. The average molecular weight is 308 g/mol. The number of hydrogen-bond acceptors (Lipinski definition) is 1. The Hall–Kier alpha value is -0.300. The first-order valence-corrected chi connectivity index (χ1v) is 10.2. The molecule has 2 N–H and O–H groups in total. The van der Waals surface area contributed by atoms with Crippen molar-refractivity contribution in [1.82, 2.24) is 0 Å². The normalized spacial score (nSPS) is 19.6. The minimum Gasteiger partial charge on any atom is -0.322 e. The van der Waals surface area contributed by atoms with Crippen LogP contribution in [-0.2, 0) is 0 Å². The molecule has 0 saturated heterocycles. The minimum atomic E-state index is -0.0308. The monoisotopic (exact) mass is 307 g/mol. The van der Waals surface area contributed by atoms with Gasteiger partial charge in [0.15, 0.2) is 0 Å². The zero-order valence-electron chi connectivity index (χ0n) is 15.4. The maximum atomic E-state index is 6.71. The van der Waals surface area contributed by atoms with E-state index in [-0.39, 0.29) is 5.54 Å². The highest BCUT2D eigenvalue weighted by atomic mass is 14.7. The highest BCUT2D eigenvalue weighted by Crippen LogP contribution is 2.29. The molecule has 0 spiro atoms. The van der Waals surface area contributed by atoms with Crippen LogP contribution in [0.25, 0.3) is 0 Å².